The summed E-state index contributed by atoms with van der Waals surface area (Å²) in [7, 11) is 7.22. The fourth-order valence-corrected chi connectivity index (χ4v) is 1.66. The molecular weight excluding hydrogens is 242 g/mol. The first-order valence-electron chi connectivity index (χ1n) is 5.94. The Kier molecular flexibility index (Phi) is 3.55. The number of ether oxygens (including phenoxy) is 1. The Balaban J connectivity index is 2.48. The van der Waals surface area contributed by atoms with Gasteiger partial charge in [-0.1, -0.05) is 0 Å². The SMILES string of the molecule is CN(C)C(=O)Oc1ccnc2ccc(N(C)C)cc12. The van der Waals surface area contributed by atoms with Crippen LogP contribution in [0.15, 0.2) is 30.5 Å². The molecule has 0 aliphatic carbocycles. The Bertz CT molecular complexity index is 609. The Morgan fingerprint density at radius 2 is 1.89 bits per heavy atom. The molecule has 0 saturated heterocycles. The van der Waals surface area contributed by atoms with E-state index in [1.165, 1.54) is 4.90 Å². The summed E-state index contributed by atoms with van der Waals surface area (Å²) in [6, 6.07) is 7.55. The number of aromatic nitrogens is 1. The largest absolute Gasteiger partial charge is 0.414 e. The lowest BCUT2D eigenvalue weighted by Crippen LogP contribution is -2.25. The van der Waals surface area contributed by atoms with Gasteiger partial charge in [-0.2, -0.15) is 0 Å². The molecule has 1 aromatic heterocycles. The van der Waals surface area contributed by atoms with Crippen LogP contribution in [0.4, 0.5) is 10.5 Å². The van der Waals surface area contributed by atoms with Crippen LogP contribution >= 0.6 is 0 Å². The molecule has 5 heteroatoms. The van der Waals surface area contributed by atoms with E-state index in [4.69, 9.17) is 4.74 Å². The molecule has 2 rings (SSSR count). The lowest BCUT2D eigenvalue weighted by atomic mass is 10.2. The number of hydrogen-bond donors (Lipinski definition) is 0. The minimum Gasteiger partial charge on any atom is -0.409 e. The Labute approximate surface area is 112 Å². The zero-order valence-electron chi connectivity index (χ0n) is 11.5. The van der Waals surface area contributed by atoms with Gasteiger partial charge in [-0.3, -0.25) is 4.98 Å². The quantitative estimate of drug-likeness (QED) is 0.830. The van der Waals surface area contributed by atoms with Crippen molar-refractivity contribution in [3.8, 4) is 5.75 Å². The fourth-order valence-electron chi connectivity index (χ4n) is 1.66. The highest BCUT2D eigenvalue weighted by atomic mass is 16.6. The van der Waals surface area contributed by atoms with Crippen molar-refractivity contribution in [3.05, 3.63) is 30.5 Å². The molecule has 0 bridgehead atoms. The van der Waals surface area contributed by atoms with Gasteiger partial charge in [-0.05, 0) is 24.3 Å². The summed E-state index contributed by atoms with van der Waals surface area (Å²) < 4.78 is 5.35. The third-order valence-corrected chi connectivity index (χ3v) is 2.76. The molecule has 0 aliphatic heterocycles. The van der Waals surface area contributed by atoms with Crippen molar-refractivity contribution in [2.24, 2.45) is 0 Å². The molecule has 0 fully saturated rings. The van der Waals surface area contributed by atoms with Crippen molar-refractivity contribution in [2.75, 3.05) is 33.1 Å². The molecule has 2 aromatic rings. The fraction of sp³-hybridized carbons (Fsp3) is 0.286. The van der Waals surface area contributed by atoms with Crippen molar-refractivity contribution in [3.63, 3.8) is 0 Å². The number of carbonyl (C=O) groups is 1. The van der Waals surface area contributed by atoms with Gasteiger partial charge in [0.25, 0.3) is 0 Å². The molecule has 0 unspecified atom stereocenters. The highest BCUT2D eigenvalue weighted by molar-refractivity contribution is 5.89. The molecule has 0 radical (unpaired) electrons. The Hall–Kier alpha value is -2.30. The van der Waals surface area contributed by atoms with E-state index in [2.05, 4.69) is 4.98 Å². The number of anilines is 1. The molecule has 5 nitrogen and oxygen atoms in total. The molecule has 1 amide bonds. The van der Waals surface area contributed by atoms with Gasteiger partial charge in [-0.15, -0.1) is 0 Å². The van der Waals surface area contributed by atoms with Crippen molar-refractivity contribution in [1.82, 2.24) is 9.88 Å². The van der Waals surface area contributed by atoms with Crippen molar-refractivity contribution < 1.29 is 9.53 Å². The van der Waals surface area contributed by atoms with Gasteiger partial charge in [0, 0.05) is 45.5 Å². The summed E-state index contributed by atoms with van der Waals surface area (Å²) in [5.41, 5.74) is 1.83. The first-order chi connectivity index (χ1) is 8.99. The summed E-state index contributed by atoms with van der Waals surface area (Å²) in [5, 5.41) is 0.823. The first-order valence-corrected chi connectivity index (χ1v) is 5.94. The van der Waals surface area contributed by atoms with Crippen molar-refractivity contribution >= 4 is 22.7 Å². The zero-order chi connectivity index (χ0) is 14.0. The van der Waals surface area contributed by atoms with Gasteiger partial charge in [0.05, 0.1) is 5.52 Å². The molecule has 0 N–H and O–H groups in total. The number of carbonyl (C=O) groups excluding carboxylic acids is 1. The van der Waals surface area contributed by atoms with Crippen LogP contribution in [0.5, 0.6) is 5.75 Å². The van der Waals surface area contributed by atoms with E-state index < -0.39 is 6.09 Å². The van der Waals surface area contributed by atoms with E-state index in [9.17, 15) is 4.79 Å². The topological polar surface area (TPSA) is 45.7 Å². The monoisotopic (exact) mass is 259 g/mol. The maximum Gasteiger partial charge on any atom is 0.414 e. The highest BCUT2D eigenvalue weighted by Crippen LogP contribution is 2.27. The zero-order valence-corrected chi connectivity index (χ0v) is 11.5. The van der Waals surface area contributed by atoms with Gasteiger partial charge in [0.15, 0.2) is 0 Å². The van der Waals surface area contributed by atoms with Gasteiger partial charge in [0.2, 0.25) is 0 Å². The van der Waals surface area contributed by atoms with Crippen LogP contribution in [0.25, 0.3) is 10.9 Å². The molecule has 100 valence electrons. The maximum atomic E-state index is 11.6. The van der Waals surface area contributed by atoms with Gasteiger partial charge < -0.3 is 14.5 Å². The van der Waals surface area contributed by atoms with Crippen LogP contribution in [0.3, 0.4) is 0 Å². The normalized spacial score (nSPS) is 10.3. The number of hydrogen-bond acceptors (Lipinski definition) is 4. The van der Waals surface area contributed by atoms with Crippen molar-refractivity contribution in [1.29, 1.82) is 0 Å². The maximum absolute atomic E-state index is 11.6. The second-order valence-electron chi connectivity index (χ2n) is 4.67. The van der Waals surface area contributed by atoms with Gasteiger partial charge >= 0.3 is 6.09 Å². The summed E-state index contributed by atoms with van der Waals surface area (Å²) >= 11 is 0. The minimum absolute atomic E-state index is 0.400. The third kappa shape index (κ3) is 2.76. The molecule has 1 heterocycles. The molecule has 0 aliphatic rings. The van der Waals surface area contributed by atoms with Crippen LogP contribution in [0.1, 0.15) is 0 Å². The van der Waals surface area contributed by atoms with Crippen LogP contribution in [0, 0.1) is 0 Å². The lowest BCUT2D eigenvalue weighted by molar-refractivity contribution is 0.172. The van der Waals surface area contributed by atoms with E-state index in [0.717, 1.165) is 16.6 Å². The smallest absolute Gasteiger partial charge is 0.409 e. The molecule has 1 aromatic carbocycles. The number of nitrogens with zero attached hydrogens (tertiary/aromatic N) is 3. The van der Waals surface area contributed by atoms with Crippen molar-refractivity contribution in [2.45, 2.75) is 0 Å². The predicted octanol–water partition coefficient (Wildman–Crippen LogP) is 2.36. The second kappa shape index (κ2) is 5.14. The summed E-state index contributed by atoms with van der Waals surface area (Å²) in [4.78, 5) is 19.3. The molecule has 19 heavy (non-hydrogen) atoms. The predicted molar refractivity (Wildman–Crippen MR) is 75.8 cm³/mol. The molecule has 0 atom stereocenters. The summed E-state index contributed by atoms with van der Waals surface area (Å²) in [5.74, 6) is 0.521. The third-order valence-electron chi connectivity index (χ3n) is 2.76. The summed E-state index contributed by atoms with van der Waals surface area (Å²) in [6.45, 7) is 0. The molecule has 0 spiro atoms. The number of pyridine rings is 1. The van der Waals surface area contributed by atoms with E-state index in [1.54, 1.807) is 26.4 Å². The standard InChI is InChI=1S/C14H17N3O2/c1-16(2)10-5-6-12-11(9-10)13(7-8-15-12)19-14(18)17(3)4/h5-9H,1-4H3. The Morgan fingerprint density at radius 3 is 2.53 bits per heavy atom. The van der Waals surface area contributed by atoms with Crippen LogP contribution in [-0.4, -0.2) is 44.2 Å². The van der Waals surface area contributed by atoms with E-state index in [0.29, 0.717) is 5.75 Å². The molecule has 0 saturated carbocycles. The minimum atomic E-state index is -0.400. The number of fused-ring (bicyclic) bond motifs is 1. The van der Waals surface area contributed by atoms with Crippen LogP contribution in [-0.2, 0) is 0 Å². The number of amides is 1. The first kappa shape index (κ1) is 13.1. The van der Waals surface area contributed by atoms with Gasteiger partial charge in [-0.25, -0.2) is 4.79 Å². The highest BCUT2D eigenvalue weighted by Gasteiger charge is 2.11. The average Bonchev–Trinajstić information content (AvgIpc) is 2.38. The number of rotatable bonds is 2. The van der Waals surface area contributed by atoms with Crippen LogP contribution in [0.2, 0.25) is 0 Å². The number of benzene rings is 1. The Morgan fingerprint density at radius 1 is 1.16 bits per heavy atom. The second-order valence-corrected chi connectivity index (χ2v) is 4.67. The van der Waals surface area contributed by atoms with E-state index in [-0.39, 0.29) is 0 Å². The summed E-state index contributed by atoms with van der Waals surface area (Å²) in [6.07, 6.45) is 1.23. The van der Waals surface area contributed by atoms with E-state index in [1.807, 2.05) is 37.2 Å². The van der Waals surface area contributed by atoms with Crippen LogP contribution < -0.4 is 9.64 Å². The lowest BCUT2D eigenvalue weighted by Gasteiger charge is -2.15. The molecular formula is C14H17N3O2. The average molecular weight is 259 g/mol. The van der Waals surface area contributed by atoms with E-state index >= 15 is 0 Å². The van der Waals surface area contributed by atoms with Gasteiger partial charge in [0.1, 0.15) is 5.75 Å².